The summed E-state index contributed by atoms with van der Waals surface area (Å²) >= 11 is 2.28. The minimum atomic E-state index is -2.43. The summed E-state index contributed by atoms with van der Waals surface area (Å²) in [5, 5.41) is 11.9. The maximum Gasteiger partial charge on any atom is 0.408 e. The van der Waals surface area contributed by atoms with E-state index in [0.29, 0.717) is 10.0 Å². The molecule has 0 spiro atoms. The van der Waals surface area contributed by atoms with E-state index < -0.39 is 82.1 Å². The van der Waals surface area contributed by atoms with Crippen LogP contribution in [0.15, 0.2) is 15.2 Å². The van der Waals surface area contributed by atoms with Crippen molar-refractivity contribution in [3.63, 3.8) is 0 Å². The molecule has 51 heavy (non-hydrogen) atoms. The lowest BCUT2D eigenvalue weighted by Gasteiger charge is -2.19. The number of alkyl carbamates (subject to hydrolysis) is 1. The first-order chi connectivity index (χ1) is 23.8. The van der Waals surface area contributed by atoms with Gasteiger partial charge in [-0.1, -0.05) is 13.8 Å². The van der Waals surface area contributed by atoms with Crippen LogP contribution in [0.1, 0.15) is 107 Å². The lowest BCUT2D eigenvalue weighted by atomic mass is 10.1. The Morgan fingerprint density at radius 2 is 1.41 bits per heavy atom. The van der Waals surface area contributed by atoms with E-state index >= 15 is 0 Å². The third kappa shape index (κ3) is 9.23. The van der Waals surface area contributed by atoms with E-state index in [4.69, 9.17) is 9.15 Å². The van der Waals surface area contributed by atoms with Crippen molar-refractivity contribution in [1.29, 1.82) is 0 Å². The largest absolute Gasteiger partial charge is 0.444 e. The molecular weight excluding hydrogens is 728 g/mol. The summed E-state index contributed by atoms with van der Waals surface area (Å²) in [5.41, 5.74) is -1.23. The lowest BCUT2D eigenvalue weighted by molar-refractivity contribution is 0.0522. The number of aromatic nitrogens is 3. The number of amides is 3. The SMILES string of the molecule is Cc1oc([C@H](C)NC(=O)c2csc([C@H](NC(=O)c3csc(CNC(=O)OC(C)(C)C)n3)C(C)C)n2)nc1C(=O)Oc1c(F)c(F)c(F)c(F)c1F. The average molecular weight is 759 g/mol. The van der Waals surface area contributed by atoms with Crippen LogP contribution in [0.4, 0.5) is 26.7 Å². The Bertz CT molecular complexity index is 1940. The van der Waals surface area contributed by atoms with Gasteiger partial charge in [0.25, 0.3) is 11.8 Å². The molecule has 20 heteroatoms. The Morgan fingerprint density at radius 3 is 2.02 bits per heavy atom. The number of hydrogen-bond donors (Lipinski definition) is 3. The van der Waals surface area contributed by atoms with Gasteiger partial charge in [0.2, 0.25) is 40.7 Å². The minimum Gasteiger partial charge on any atom is -0.444 e. The fraction of sp³-hybridized carbons (Fsp3) is 0.387. The number of aryl methyl sites for hydroxylation is 1. The van der Waals surface area contributed by atoms with Crippen molar-refractivity contribution >= 4 is 46.6 Å². The maximum absolute atomic E-state index is 14.0. The van der Waals surface area contributed by atoms with Gasteiger partial charge in [-0.2, -0.15) is 8.78 Å². The Labute approximate surface area is 295 Å². The standard InChI is InChI=1S/C31H31F5N6O7S2/c1-11(2)22(41-26(44)14-9-50-16(39-14)8-37-30(46)49-31(5,6)7)28-40-15(10-51-28)25(43)38-12(3)27-42-23(13(4)47-27)29(45)48-24-20(35)18(33)17(32)19(34)21(24)36/h9-12,22H,8H2,1-7H3,(H,37,46)(H,38,43)(H,41,44)/t12-,22+/m0/s1. The number of oxazole rings is 1. The summed E-state index contributed by atoms with van der Waals surface area (Å²) in [6, 6.07) is -1.63. The van der Waals surface area contributed by atoms with E-state index in [9.17, 15) is 41.1 Å². The first-order valence-electron chi connectivity index (χ1n) is 15.0. The van der Waals surface area contributed by atoms with Gasteiger partial charge in [0, 0.05) is 10.8 Å². The fourth-order valence-corrected chi connectivity index (χ4v) is 5.90. The predicted octanol–water partition coefficient (Wildman–Crippen LogP) is 6.45. The highest BCUT2D eigenvalue weighted by Crippen LogP contribution is 2.31. The molecule has 0 aliphatic rings. The second-order valence-corrected chi connectivity index (χ2v) is 14.0. The van der Waals surface area contributed by atoms with Crippen LogP contribution in [0, 0.1) is 41.9 Å². The summed E-state index contributed by atoms with van der Waals surface area (Å²) < 4.78 is 83.4. The molecule has 0 saturated heterocycles. The lowest BCUT2D eigenvalue weighted by Crippen LogP contribution is -2.33. The third-order valence-electron chi connectivity index (χ3n) is 6.63. The molecule has 4 aromatic rings. The van der Waals surface area contributed by atoms with E-state index in [0.717, 1.165) is 11.3 Å². The van der Waals surface area contributed by atoms with Gasteiger partial charge in [-0.15, -0.1) is 22.7 Å². The van der Waals surface area contributed by atoms with Gasteiger partial charge in [-0.25, -0.2) is 37.7 Å². The third-order valence-corrected chi connectivity index (χ3v) is 8.41. The van der Waals surface area contributed by atoms with Crippen LogP contribution in [0.25, 0.3) is 0 Å². The molecule has 0 radical (unpaired) electrons. The van der Waals surface area contributed by atoms with Crippen LogP contribution < -0.4 is 20.7 Å². The van der Waals surface area contributed by atoms with Gasteiger partial charge in [-0.05, 0) is 40.5 Å². The molecule has 0 aliphatic heterocycles. The Hall–Kier alpha value is -4.98. The van der Waals surface area contributed by atoms with E-state index in [1.165, 1.54) is 35.9 Å². The van der Waals surface area contributed by atoms with Gasteiger partial charge < -0.3 is 29.8 Å². The smallest absolute Gasteiger partial charge is 0.408 e. The highest BCUT2D eigenvalue weighted by molar-refractivity contribution is 7.10. The second-order valence-electron chi connectivity index (χ2n) is 12.2. The number of hydrogen-bond acceptors (Lipinski definition) is 12. The number of nitrogens with zero attached hydrogens (tertiary/aromatic N) is 3. The number of rotatable bonds is 11. The monoisotopic (exact) mass is 758 g/mol. The molecule has 0 fully saturated rings. The van der Waals surface area contributed by atoms with Crippen LogP contribution in [0.3, 0.4) is 0 Å². The quantitative estimate of drug-likeness (QED) is 0.0507. The van der Waals surface area contributed by atoms with Crippen molar-refractivity contribution in [3.05, 3.63) is 78.6 Å². The number of esters is 1. The molecular formula is C31H31F5N6O7S2. The van der Waals surface area contributed by atoms with Gasteiger partial charge in [0.05, 0.1) is 12.6 Å². The zero-order valence-electron chi connectivity index (χ0n) is 28.0. The molecule has 3 aromatic heterocycles. The maximum atomic E-state index is 14.0. The van der Waals surface area contributed by atoms with Crippen molar-refractivity contribution in [2.75, 3.05) is 0 Å². The van der Waals surface area contributed by atoms with Crippen LogP contribution >= 0.6 is 22.7 Å². The Balaban J connectivity index is 1.39. The number of thiazole rings is 2. The van der Waals surface area contributed by atoms with Gasteiger partial charge in [0.1, 0.15) is 38.8 Å². The Morgan fingerprint density at radius 1 is 0.843 bits per heavy atom. The summed E-state index contributed by atoms with van der Waals surface area (Å²) in [6.07, 6.45) is -0.627. The summed E-state index contributed by atoms with van der Waals surface area (Å²) in [7, 11) is 0. The first-order valence-corrected chi connectivity index (χ1v) is 16.7. The molecule has 13 nitrogen and oxygen atoms in total. The number of benzene rings is 1. The van der Waals surface area contributed by atoms with Gasteiger partial charge >= 0.3 is 12.1 Å². The molecule has 1 aromatic carbocycles. The number of ether oxygens (including phenoxy) is 2. The number of halogens is 5. The van der Waals surface area contributed by atoms with Crippen molar-refractivity contribution in [3.8, 4) is 5.75 Å². The van der Waals surface area contributed by atoms with Crippen LogP contribution in [-0.4, -0.2) is 44.4 Å². The molecule has 2 atom stereocenters. The predicted molar refractivity (Wildman–Crippen MR) is 171 cm³/mol. The van der Waals surface area contributed by atoms with Crippen LogP contribution in [0.2, 0.25) is 0 Å². The summed E-state index contributed by atoms with van der Waals surface area (Å²) in [5.74, 6) is -17.0. The fourth-order valence-electron chi connectivity index (χ4n) is 4.16. The minimum absolute atomic E-state index is 0.0277. The van der Waals surface area contributed by atoms with Crippen LogP contribution in [-0.2, 0) is 11.3 Å². The first kappa shape index (κ1) is 38.8. The molecule has 3 N–H and O–H groups in total. The number of nitrogens with one attached hydrogen (secondary N) is 3. The molecule has 0 unspecified atom stereocenters. The average Bonchev–Trinajstić information content (AvgIpc) is 3.82. The second kappa shape index (κ2) is 15.5. The van der Waals surface area contributed by atoms with Crippen molar-refractivity contribution in [2.24, 2.45) is 5.92 Å². The van der Waals surface area contributed by atoms with Gasteiger partial charge in [-0.3, -0.25) is 9.59 Å². The zero-order valence-corrected chi connectivity index (χ0v) is 29.6. The molecule has 3 heterocycles. The zero-order chi connectivity index (χ0) is 37.9. The van der Waals surface area contributed by atoms with Crippen molar-refractivity contribution < 1.29 is 55.0 Å². The molecule has 0 aliphatic carbocycles. The van der Waals surface area contributed by atoms with Crippen LogP contribution in [0.5, 0.6) is 5.75 Å². The molecule has 0 saturated carbocycles. The molecule has 274 valence electrons. The number of carbonyl (C=O) groups excluding carboxylic acids is 4. The number of carbonyl (C=O) groups is 4. The highest BCUT2D eigenvalue weighted by atomic mass is 32.1. The molecule has 0 bridgehead atoms. The highest BCUT2D eigenvalue weighted by Gasteiger charge is 2.31. The van der Waals surface area contributed by atoms with E-state index in [-0.39, 0.29) is 35.5 Å². The van der Waals surface area contributed by atoms with E-state index in [2.05, 4.69) is 35.6 Å². The summed E-state index contributed by atoms with van der Waals surface area (Å²) in [4.78, 5) is 63.1. The van der Waals surface area contributed by atoms with Crippen molar-refractivity contribution in [1.82, 2.24) is 30.9 Å². The topological polar surface area (TPSA) is 175 Å². The van der Waals surface area contributed by atoms with E-state index in [1.807, 2.05) is 13.8 Å². The van der Waals surface area contributed by atoms with Gasteiger partial charge in [0.15, 0.2) is 5.69 Å². The molecule has 3 amide bonds. The normalized spacial score (nSPS) is 12.7. The Kier molecular flexibility index (Phi) is 11.8. The summed E-state index contributed by atoms with van der Waals surface area (Å²) in [6.45, 7) is 11.6. The molecule has 4 rings (SSSR count). The van der Waals surface area contributed by atoms with Crippen molar-refractivity contribution in [2.45, 2.75) is 72.7 Å². The van der Waals surface area contributed by atoms with E-state index in [1.54, 1.807) is 20.8 Å².